The van der Waals surface area contributed by atoms with Crippen LogP contribution in [0.5, 0.6) is 0 Å². The summed E-state index contributed by atoms with van der Waals surface area (Å²) in [6.07, 6.45) is 3.58. The Labute approximate surface area is 108 Å². The van der Waals surface area contributed by atoms with Gasteiger partial charge in [0.25, 0.3) is 0 Å². The van der Waals surface area contributed by atoms with Crippen LogP contribution in [0.2, 0.25) is 0 Å². The second-order valence-electron chi connectivity index (χ2n) is 4.54. The van der Waals surface area contributed by atoms with Gasteiger partial charge in [-0.2, -0.15) is 0 Å². The van der Waals surface area contributed by atoms with Crippen LogP contribution in [0.25, 0.3) is 0 Å². The first-order chi connectivity index (χ1) is 8.39. The molecule has 0 rings (SSSR count). The fourth-order valence-corrected chi connectivity index (χ4v) is 1.83. The summed E-state index contributed by atoms with van der Waals surface area (Å²) < 4.78 is 0. The zero-order valence-electron chi connectivity index (χ0n) is 11.1. The van der Waals surface area contributed by atoms with E-state index in [9.17, 15) is 14.7 Å². The molecule has 0 aliphatic carbocycles. The molecule has 0 aromatic rings. The van der Waals surface area contributed by atoms with Crippen molar-refractivity contribution >= 4 is 11.9 Å². The standard InChI is InChI=1S/C12H24N2O4/c1-3-5-6-9(4-2)7-12(18,11(16)17)14-10(15)8-13/h9,18H,3-8,13H2,1-2H3,(H,14,15)(H,16,17). The van der Waals surface area contributed by atoms with Crippen molar-refractivity contribution in [2.45, 2.75) is 51.7 Å². The Morgan fingerprint density at radius 2 is 2.00 bits per heavy atom. The molecule has 106 valence electrons. The summed E-state index contributed by atoms with van der Waals surface area (Å²) in [5.41, 5.74) is 2.89. The molecule has 0 saturated heterocycles. The predicted molar refractivity (Wildman–Crippen MR) is 67.7 cm³/mol. The Balaban J connectivity index is 4.66. The predicted octanol–water partition coefficient (Wildman–Crippen LogP) is 0.441. The minimum atomic E-state index is -2.22. The molecule has 0 bridgehead atoms. The van der Waals surface area contributed by atoms with Crippen LogP contribution in [0.4, 0.5) is 0 Å². The molecule has 0 aromatic carbocycles. The van der Waals surface area contributed by atoms with Crippen LogP contribution in [0.3, 0.4) is 0 Å². The maximum Gasteiger partial charge on any atom is 0.357 e. The highest BCUT2D eigenvalue weighted by molar-refractivity contribution is 5.86. The first kappa shape index (κ1) is 16.9. The average molecular weight is 260 g/mol. The summed E-state index contributed by atoms with van der Waals surface area (Å²) in [6.45, 7) is 3.64. The molecule has 2 unspecified atom stereocenters. The Hall–Kier alpha value is -1.14. The summed E-state index contributed by atoms with van der Waals surface area (Å²) in [4.78, 5) is 22.2. The van der Waals surface area contributed by atoms with Gasteiger partial charge in [0.15, 0.2) is 0 Å². The van der Waals surface area contributed by atoms with E-state index in [0.29, 0.717) is 0 Å². The Kier molecular flexibility index (Phi) is 7.54. The van der Waals surface area contributed by atoms with Gasteiger partial charge in [0, 0.05) is 6.42 Å². The van der Waals surface area contributed by atoms with Crippen LogP contribution >= 0.6 is 0 Å². The number of carbonyl (C=O) groups excluding carboxylic acids is 1. The Morgan fingerprint density at radius 3 is 2.39 bits per heavy atom. The van der Waals surface area contributed by atoms with Crippen LogP contribution in [0, 0.1) is 5.92 Å². The lowest BCUT2D eigenvalue weighted by molar-refractivity contribution is -0.167. The first-order valence-electron chi connectivity index (χ1n) is 6.36. The van der Waals surface area contributed by atoms with E-state index in [1.807, 2.05) is 13.8 Å². The zero-order chi connectivity index (χ0) is 14.2. The van der Waals surface area contributed by atoms with Gasteiger partial charge in [-0.05, 0) is 5.92 Å². The van der Waals surface area contributed by atoms with Crippen LogP contribution < -0.4 is 11.1 Å². The molecular formula is C12H24N2O4. The van der Waals surface area contributed by atoms with Gasteiger partial charge in [-0.1, -0.05) is 39.5 Å². The maximum atomic E-state index is 11.2. The zero-order valence-corrected chi connectivity index (χ0v) is 11.1. The summed E-state index contributed by atoms with van der Waals surface area (Å²) in [7, 11) is 0. The van der Waals surface area contributed by atoms with E-state index in [0.717, 1.165) is 25.7 Å². The van der Waals surface area contributed by atoms with Crippen LogP contribution in [-0.2, 0) is 9.59 Å². The van der Waals surface area contributed by atoms with Gasteiger partial charge in [0.2, 0.25) is 11.6 Å². The number of nitrogens with one attached hydrogen (secondary N) is 1. The molecular weight excluding hydrogens is 236 g/mol. The third-order valence-electron chi connectivity index (χ3n) is 3.01. The van der Waals surface area contributed by atoms with Crippen molar-refractivity contribution in [2.24, 2.45) is 11.7 Å². The highest BCUT2D eigenvalue weighted by atomic mass is 16.4. The van der Waals surface area contributed by atoms with E-state index in [1.54, 1.807) is 0 Å². The summed E-state index contributed by atoms with van der Waals surface area (Å²) >= 11 is 0. The number of carbonyl (C=O) groups is 2. The number of hydrogen-bond donors (Lipinski definition) is 4. The summed E-state index contributed by atoms with van der Waals surface area (Å²) in [5.74, 6) is -2.06. The van der Waals surface area contributed by atoms with Gasteiger partial charge < -0.3 is 21.3 Å². The monoisotopic (exact) mass is 260 g/mol. The lowest BCUT2D eigenvalue weighted by atomic mass is 9.90. The number of unbranched alkanes of at least 4 members (excludes halogenated alkanes) is 1. The smallest absolute Gasteiger partial charge is 0.357 e. The van der Waals surface area contributed by atoms with Crippen LogP contribution in [0.15, 0.2) is 0 Å². The van der Waals surface area contributed by atoms with Crippen molar-refractivity contribution in [1.29, 1.82) is 0 Å². The topological polar surface area (TPSA) is 113 Å². The van der Waals surface area contributed by atoms with Crippen molar-refractivity contribution in [3.8, 4) is 0 Å². The van der Waals surface area contributed by atoms with Crippen molar-refractivity contribution in [2.75, 3.05) is 6.54 Å². The van der Waals surface area contributed by atoms with E-state index in [4.69, 9.17) is 10.8 Å². The van der Waals surface area contributed by atoms with Crippen LogP contribution in [0.1, 0.15) is 46.0 Å². The van der Waals surface area contributed by atoms with E-state index >= 15 is 0 Å². The molecule has 0 radical (unpaired) electrons. The van der Waals surface area contributed by atoms with Crippen molar-refractivity contribution in [3.05, 3.63) is 0 Å². The third kappa shape index (κ3) is 5.46. The van der Waals surface area contributed by atoms with Crippen molar-refractivity contribution in [3.63, 3.8) is 0 Å². The molecule has 6 nitrogen and oxygen atoms in total. The lowest BCUT2D eigenvalue weighted by Gasteiger charge is -2.28. The fraction of sp³-hybridized carbons (Fsp3) is 0.833. The number of aliphatic carboxylic acids is 1. The highest BCUT2D eigenvalue weighted by Gasteiger charge is 2.39. The number of amides is 1. The molecule has 0 heterocycles. The fourth-order valence-electron chi connectivity index (χ4n) is 1.83. The summed E-state index contributed by atoms with van der Waals surface area (Å²) in [5, 5.41) is 21.1. The maximum absolute atomic E-state index is 11.2. The molecule has 0 saturated carbocycles. The van der Waals surface area contributed by atoms with Gasteiger partial charge in [-0.3, -0.25) is 4.79 Å². The quantitative estimate of drug-likeness (QED) is 0.449. The normalized spacial score (nSPS) is 15.8. The van der Waals surface area contributed by atoms with E-state index in [-0.39, 0.29) is 18.9 Å². The number of carboxylic acid groups (broad SMARTS) is 1. The molecule has 0 aliphatic rings. The van der Waals surface area contributed by atoms with E-state index in [2.05, 4.69) is 5.32 Å². The lowest BCUT2D eigenvalue weighted by Crippen LogP contribution is -2.56. The Bertz CT molecular complexity index is 283. The van der Waals surface area contributed by atoms with E-state index < -0.39 is 17.6 Å². The molecule has 0 spiro atoms. The van der Waals surface area contributed by atoms with Crippen molar-refractivity contribution < 1.29 is 19.8 Å². The molecule has 5 N–H and O–H groups in total. The Morgan fingerprint density at radius 1 is 1.39 bits per heavy atom. The SMILES string of the molecule is CCCCC(CC)CC(O)(NC(=O)CN)C(=O)O. The van der Waals surface area contributed by atoms with E-state index in [1.165, 1.54) is 0 Å². The number of hydrogen-bond acceptors (Lipinski definition) is 4. The molecule has 0 aromatic heterocycles. The van der Waals surface area contributed by atoms with Gasteiger partial charge in [0.1, 0.15) is 0 Å². The molecule has 2 atom stereocenters. The number of carboxylic acids is 1. The molecule has 6 heteroatoms. The van der Waals surface area contributed by atoms with Gasteiger partial charge in [-0.25, -0.2) is 4.79 Å². The first-order valence-corrected chi connectivity index (χ1v) is 6.36. The number of rotatable bonds is 9. The number of nitrogens with two attached hydrogens (primary N) is 1. The molecule has 18 heavy (non-hydrogen) atoms. The minimum Gasteiger partial charge on any atom is -0.478 e. The highest BCUT2D eigenvalue weighted by Crippen LogP contribution is 2.23. The minimum absolute atomic E-state index is 0.00454. The average Bonchev–Trinajstić information content (AvgIpc) is 2.33. The van der Waals surface area contributed by atoms with Gasteiger partial charge >= 0.3 is 5.97 Å². The van der Waals surface area contributed by atoms with Gasteiger partial charge in [-0.15, -0.1) is 0 Å². The largest absolute Gasteiger partial charge is 0.478 e. The van der Waals surface area contributed by atoms with Gasteiger partial charge in [0.05, 0.1) is 6.54 Å². The third-order valence-corrected chi connectivity index (χ3v) is 3.01. The van der Waals surface area contributed by atoms with Crippen molar-refractivity contribution in [1.82, 2.24) is 5.32 Å². The molecule has 0 fully saturated rings. The number of aliphatic hydroxyl groups is 1. The molecule has 1 amide bonds. The second-order valence-corrected chi connectivity index (χ2v) is 4.54. The molecule has 0 aliphatic heterocycles. The second kappa shape index (κ2) is 8.05. The summed E-state index contributed by atoms with van der Waals surface area (Å²) in [6, 6.07) is 0. The van der Waals surface area contributed by atoms with Crippen LogP contribution in [-0.4, -0.2) is 34.4 Å².